The van der Waals surface area contributed by atoms with Crippen molar-refractivity contribution in [2.75, 3.05) is 5.32 Å². The van der Waals surface area contributed by atoms with Crippen LogP contribution in [0.5, 0.6) is 5.75 Å². The number of aryl methyl sites for hydroxylation is 1. The third-order valence-corrected chi connectivity index (χ3v) is 4.34. The van der Waals surface area contributed by atoms with E-state index in [1.807, 2.05) is 67.6 Å². The van der Waals surface area contributed by atoms with Crippen molar-refractivity contribution in [1.82, 2.24) is 10.2 Å². The monoisotopic (exact) mass is 357 g/mol. The fourth-order valence-corrected chi connectivity index (χ4v) is 2.94. The molecule has 27 heavy (non-hydrogen) atoms. The summed E-state index contributed by atoms with van der Waals surface area (Å²) in [7, 11) is 0. The molecule has 0 saturated heterocycles. The molecular formula is C22H19N3O2. The highest BCUT2D eigenvalue weighted by Crippen LogP contribution is 2.28. The van der Waals surface area contributed by atoms with Gasteiger partial charge in [-0.3, -0.25) is 9.89 Å². The van der Waals surface area contributed by atoms with E-state index in [0.717, 1.165) is 16.5 Å². The second kappa shape index (κ2) is 7.33. The molecule has 0 atom stereocenters. The standard InChI is InChI=1S/C22H19N3O2/c1-15-10-11-19(20(12-15)27-14-16-6-3-2-4-7-16)24-22(26)18-9-5-8-17-13-23-25-21(17)18/h2-13H,14H2,1H3,(H,23,25)(H,24,26). The van der Waals surface area contributed by atoms with E-state index in [9.17, 15) is 4.79 Å². The number of nitrogens with zero attached hydrogens (tertiary/aromatic N) is 1. The van der Waals surface area contributed by atoms with E-state index in [1.165, 1.54) is 0 Å². The molecule has 2 N–H and O–H groups in total. The van der Waals surface area contributed by atoms with Crippen molar-refractivity contribution >= 4 is 22.5 Å². The Morgan fingerprint density at radius 2 is 1.93 bits per heavy atom. The summed E-state index contributed by atoms with van der Waals surface area (Å²) in [5.41, 5.74) is 4.02. The number of rotatable bonds is 5. The first-order chi connectivity index (χ1) is 13.2. The lowest BCUT2D eigenvalue weighted by Gasteiger charge is -2.14. The van der Waals surface area contributed by atoms with Gasteiger partial charge in [0.25, 0.3) is 5.91 Å². The van der Waals surface area contributed by atoms with E-state index in [2.05, 4.69) is 15.5 Å². The van der Waals surface area contributed by atoms with Crippen molar-refractivity contribution in [2.24, 2.45) is 0 Å². The van der Waals surface area contributed by atoms with Crippen LogP contribution >= 0.6 is 0 Å². The Labute approximate surface area is 157 Å². The number of hydrogen-bond donors (Lipinski definition) is 2. The molecule has 134 valence electrons. The van der Waals surface area contributed by atoms with Crippen molar-refractivity contribution in [3.8, 4) is 5.75 Å². The van der Waals surface area contributed by atoms with Crippen molar-refractivity contribution < 1.29 is 9.53 Å². The lowest BCUT2D eigenvalue weighted by Crippen LogP contribution is -2.13. The normalized spacial score (nSPS) is 10.7. The Morgan fingerprint density at radius 3 is 2.78 bits per heavy atom. The van der Waals surface area contributed by atoms with Gasteiger partial charge >= 0.3 is 0 Å². The molecule has 4 aromatic rings. The third-order valence-electron chi connectivity index (χ3n) is 4.34. The van der Waals surface area contributed by atoms with E-state index in [1.54, 1.807) is 12.3 Å². The van der Waals surface area contributed by atoms with Crippen molar-refractivity contribution in [3.63, 3.8) is 0 Å². The number of carbonyl (C=O) groups is 1. The number of aromatic nitrogens is 2. The largest absolute Gasteiger partial charge is 0.487 e. The van der Waals surface area contributed by atoms with Crippen LogP contribution in [-0.2, 0) is 6.61 Å². The summed E-state index contributed by atoms with van der Waals surface area (Å²) in [5.74, 6) is 0.433. The zero-order valence-electron chi connectivity index (χ0n) is 14.9. The number of hydrogen-bond acceptors (Lipinski definition) is 3. The molecule has 5 nitrogen and oxygen atoms in total. The third kappa shape index (κ3) is 3.67. The summed E-state index contributed by atoms with van der Waals surface area (Å²) >= 11 is 0. The van der Waals surface area contributed by atoms with Crippen LogP contribution in [0.15, 0.2) is 72.9 Å². The van der Waals surface area contributed by atoms with Gasteiger partial charge in [-0.25, -0.2) is 0 Å². The minimum atomic E-state index is -0.210. The number of para-hydroxylation sites is 1. The lowest BCUT2D eigenvalue weighted by atomic mass is 10.1. The molecule has 0 spiro atoms. The molecule has 0 bridgehead atoms. The lowest BCUT2D eigenvalue weighted by molar-refractivity contribution is 0.102. The second-order valence-corrected chi connectivity index (χ2v) is 6.37. The molecule has 0 unspecified atom stereocenters. The number of anilines is 1. The SMILES string of the molecule is Cc1ccc(NC(=O)c2cccc3cn[nH]c23)c(OCc2ccccc2)c1. The van der Waals surface area contributed by atoms with Gasteiger partial charge in [-0.15, -0.1) is 0 Å². The number of aromatic amines is 1. The van der Waals surface area contributed by atoms with Gasteiger partial charge in [0.2, 0.25) is 0 Å². The van der Waals surface area contributed by atoms with Gasteiger partial charge in [-0.2, -0.15) is 5.10 Å². The van der Waals surface area contributed by atoms with E-state index in [-0.39, 0.29) is 5.91 Å². The molecule has 3 aromatic carbocycles. The Hall–Kier alpha value is -3.60. The Kier molecular flexibility index (Phi) is 4.58. The van der Waals surface area contributed by atoms with Gasteiger partial charge in [-0.05, 0) is 36.2 Å². The number of benzene rings is 3. The average molecular weight is 357 g/mol. The van der Waals surface area contributed by atoms with E-state index in [4.69, 9.17) is 4.74 Å². The smallest absolute Gasteiger partial charge is 0.257 e. The molecule has 0 fully saturated rings. The Bertz CT molecular complexity index is 1090. The van der Waals surface area contributed by atoms with Crippen LogP contribution in [0.25, 0.3) is 10.9 Å². The second-order valence-electron chi connectivity index (χ2n) is 6.37. The van der Waals surface area contributed by atoms with Crippen LogP contribution in [0, 0.1) is 6.92 Å². The van der Waals surface area contributed by atoms with Crippen molar-refractivity contribution in [2.45, 2.75) is 13.5 Å². The number of carbonyl (C=O) groups excluding carboxylic acids is 1. The summed E-state index contributed by atoms with van der Waals surface area (Å²) in [5, 5.41) is 10.8. The first-order valence-corrected chi connectivity index (χ1v) is 8.71. The van der Waals surface area contributed by atoms with Gasteiger partial charge in [0.1, 0.15) is 12.4 Å². The predicted molar refractivity (Wildman–Crippen MR) is 106 cm³/mol. The van der Waals surface area contributed by atoms with Gasteiger partial charge < -0.3 is 10.1 Å². The maximum Gasteiger partial charge on any atom is 0.257 e. The molecule has 4 rings (SSSR count). The number of fused-ring (bicyclic) bond motifs is 1. The first-order valence-electron chi connectivity index (χ1n) is 8.71. The van der Waals surface area contributed by atoms with Crippen LogP contribution in [0.1, 0.15) is 21.5 Å². The van der Waals surface area contributed by atoms with E-state index in [0.29, 0.717) is 29.1 Å². The van der Waals surface area contributed by atoms with Gasteiger partial charge in [0.05, 0.1) is 23.0 Å². The predicted octanol–water partition coefficient (Wildman–Crippen LogP) is 4.70. The summed E-state index contributed by atoms with van der Waals surface area (Å²) in [6.45, 7) is 2.43. The van der Waals surface area contributed by atoms with Crippen LogP contribution in [0.3, 0.4) is 0 Å². The molecule has 1 aromatic heterocycles. The molecule has 1 heterocycles. The average Bonchev–Trinajstić information content (AvgIpc) is 3.17. The topological polar surface area (TPSA) is 67.0 Å². The van der Waals surface area contributed by atoms with Gasteiger partial charge in [-0.1, -0.05) is 48.5 Å². The fraction of sp³-hybridized carbons (Fsp3) is 0.0909. The molecule has 0 aliphatic heterocycles. The van der Waals surface area contributed by atoms with Crippen LogP contribution in [0.2, 0.25) is 0 Å². The van der Waals surface area contributed by atoms with E-state index >= 15 is 0 Å². The minimum Gasteiger partial charge on any atom is -0.487 e. The molecule has 0 radical (unpaired) electrons. The fourth-order valence-electron chi connectivity index (χ4n) is 2.94. The van der Waals surface area contributed by atoms with Crippen LogP contribution < -0.4 is 10.1 Å². The number of nitrogens with one attached hydrogen (secondary N) is 2. The van der Waals surface area contributed by atoms with Crippen molar-refractivity contribution in [3.05, 3.63) is 89.6 Å². The summed E-state index contributed by atoms with van der Waals surface area (Å²) in [6.07, 6.45) is 1.70. The minimum absolute atomic E-state index is 0.210. The maximum atomic E-state index is 12.8. The highest BCUT2D eigenvalue weighted by atomic mass is 16.5. The highest BCUT2D eigenvalue weighted by Gasteiger charge is 2.14. The highest BCUT2D eigenvalue weighted by molar-refractivity contribution is 6.12. The maximum absolute atomic E-state index is 12.8. The molecule has 0 aliphatic carbocycles. The molecule has 5 heteroatoms. The number of H-pyrrole nitrogens is 1. The van der Waals surface area contributed by atoms with E-state index < -0.39 is 0 Å². The van der Waals surface area contributed by atoms with Crippen molar-refractivity contribution in [1.29, 1.82) is 0 Å². The molecular weight excluding hydrogens is 338 g/mol. The van der Waals surface area contributed by atoms with Gasteiger partial charge in [0, 0.05) is 5.39 Å². The number of ether oxygens (including phenoxy) is 1. The summed E-state index contributed by atoms with van der Waals surface area (Å²) in [6, 6.07) is 21.2. The quantitative estimate of drug-likeness (QED) is 0.544. The zero-order valence-corrected chi connectivity index (χ0v) is 14.9. The Balaban J connectivity index is 1.58. The Morgan fingerprint density at radius 1 is 1.07 bits per heavy atom. The molecule has 0 aliphatic rings. The first kappa shape index (κ1) is 16.8. The molecule has 0 saturated carbocycles. The number of amides is 1. The summed E-state index contributed by atoms with van der Waals surface area (Å²) < 4.78 is 5.98. The van der Waals surface area contributed by atoms with Gasteiger partial charge in [0.15, 0.2) is 0 Å². The van der Waals surface area contributed by atoms with Crippen LogP contribution in [-0.4, -0.2) is 16.1 Å². The zero-order chi connectivity index (χ0) is 18.6. The summed E-state index contributed by atoms with van der Waals surface area (Å²) in [4.78, 5) is 12.8. The molecule has 1 amide bonds. The van der Waals surface area contributed by atoms with Crippen LogP contribution in [0.4, 0.5) is 5.69 Å².